The molecule has 1 fully saturated rings. The second kappa shape index (κ2) is 9.08. The Labute approximate surface area is 181 Å². The third kappa shape index (κ3) is 4.78. The van der Waals surface area contributed by atoms with Crippen LogP contribution >= 0.6 is 11.3 Å². The Hall–Kier alpha value is -2.54. The van der Waals surface area contributed by atoms with Crippen LogP contribution in [0.15, 0.2) is 60.0 Å². The van der Waals surface area contributed by atoms with Crippen LogP contribution in [0.1, 0.15) is 36.8 Å². The number of benzene rings is 2. The van der Waals surface area contributed by atoms with E-state index >= 15 is 0 Å². The summed E-state index contributed by atoms with van der Waals surface area (Å²) in [5.41, 5.74) is 4.19. The molecule has 1 aromatic heterocycles. The summed E-state index contributed by atoms with van der Waals surface area (Å²) in [6, 6.07) is 18.3. The standard InChI is InChI=1S/C24H27N3O2S/c1-17-9-11-22(12-10-17)27(19(3)28)24-25-21(16-30-24)14-26-13-18(2)29-23(15-26)20-7-5-4-6-8-20/h4-12,16,18,23H,13-15H2,1-3H3/t18-,23+/m0/s1. The predicted molar refractivity (Wildman–Crippen MR) is 121 cm³/mol. The van der Waals surface area contributed by atoms with E-state index < -0.39 is 0 Å². The molecule has 4 rings (SSSR count). The second-order valence-corrected chi connectivity index (χ2v) is 8.69. The highest BCUT2D eigenvalue weighted by atomic mass is 32.1. The van der Waals surface area contributed by atoms with Gasteiger partial charge in [-0.1, -0.05) is 48.0 Å². The van der Waals surface area contributed by atoms with Gasteiger partial charge in [0.15, 0.2) is 5.13 Å². The van der Waals surface area contributed by atoms with Crippen molar-refractivity contribution in [1.29, 1.82) is 0 Å². The van der Waals surface area contributed by atoms with Gasteiger partial charge in [-0.25, -0.2) is 4.98 Å². The minimum atomic E-state index is -0.0381. The van der Waals surface area contributed by atoms with Gasteiger partial charge >= 0.3 is 0 Å². The number of hydrogen-bond donors (Lipinski definition) is 0. The quantitative estimate of drug-likeness (QED) is 0.575. The molecule has 5 nitrogen and oxygen atoms in total. The number of amides is 1. The van der Waals surface area contributed by atoms with Crippen molar-refractivity contribution in [1.82, 2.24) is 9.88 Å². The summed E-state index contributed by atoms with van der Waals surface area (Å²) in [5.74, 6) is -0.0381. The first kappa shape index (κ1) is 20.7. The molecule has 0 aliphatic carbocycles. The van der Waals surface area contributed by atoms with E-state index in [4.69, 9.17) is 9.72 Å². The molecule has 30 heavy (non-hydrogen) atoms. The molecule has 1 aliphatic rings. The molecule has 3 aromatic rings. The number of aromatic nitrogens is 1. The highest BCUT2D eigenvalue weighted by Crippen LogP contribution is 2.31. The topological polar surface area (TPSA) is 45.7 Å². The third-order valence-corrected chi connectivity index (χ3v) is 6.11. The molecule has 0 bridgehead atoms. The maximum atomic E-state index is 12.3. The number of carbonyl (C=O) groups is 1. The number of anilines is 2. The highest BCUT2D eigenvalue weighted by Gasteiger charge is 2.27. The minimum Gasteiger partial charge on any atom is -0.368 e. The van der Waals surface area contributed by atoms with Crippen LogP contribution in [0.5, 0.6) is 0 Å². The van der Waals surface area contributed by atoms with Gasteiger partial charge in [-0.2, -0.15) is 0 Å². The lowest BCUT2D eigenvalue weighted by atomic mass is 10.1. The van der Waals surface area contributed by atoms with Crippen LogP contribution < -0.4 is 4.90 Å². The Balaban J connectivity index is 1.49. The molecular formula is C24H27N3O2S. The minimum absolute atomic E-state index is 0.0381. The van der Waals surface area contributed by atoms with Crippen LogP contribution in [0.25, 0.3) is 0 Å². The van der Waals surface area contributed by atoms with Crippen LogP contribution in [0.4, 0.5) is 10.8 Å². The number of ether oxygens (including phenoxy) is 1. The summed E-state index contributed by atoms with van der Waals surface area (Å²) in [7, 11) is 0. The Morgan fingerprint density at radius 3 is 2.60 bits per heavy atom. The summed E-state index contributed by atoms with van der Waals surface area (Å²) in [4.78, 5) is 21.2. The molecule has 2 heterocycles. The van der Waals surface area contributed by atoms with Crippen LogP contribution in [0.3, 0.4) is 0 Å². The number of hydrogen-bond acceptors (Lipinski definition) is 5. The van der Waals surface area contributed by atoms with Gasteiger partial charge < -0.3 is 4.74 Å². The highest BCUT2D eigenvalue weighted by molar-refractivity contribution is 7.14. The van der Waals surface area contributed by atoms with Gasteiger partial charge in [0.2, 0.25) is 5.91 Å². The van der Waals surface area contributed by atoms with Crippen molar-refractivity contribution >= 4 is 28.1 Å². The van der Waals surface area contributed by atoms with Crippen molar-refractivity contribution in [3.8, 4) is 0 Å². The molecule has 0 saturated carbocycles. The number of carbonyl (C=O) groups excluding carboxylic acids is 1. The molecule has 2 aromatic carbocycles. The van der Waals surface area contributed by atoms with Crippen molar-refractivity contribution < 1.29 is 9.53 Å². The van der Waals surface area contributed by atoms with Gasteiger partial charge in [0.05, 0.1) is 23.6 Å². The lowest BCUT2D eigenvalue weighted by Gasteiger charge is -2.36. The maximum Gasteiger partial charge on any atom is 0.230 e. The molecule has 0 radical (unpaired) electrons. The SMILES string of the molecule is CC(=O)N(c1ccc(C)cc1)c1nc(CN2C[C@H](C)O[C@@H](c3ccccc3)C2)cs1. The molecule has 1 amide bonds. The zero-order chi connectivity index (χ0) is 21.1. The van der Waals surface area contributed by atoms with E-state index in [1.807, 2.05) is 37.3 Å². The van der Waals surface area contributed by atoms with Gasteiger partial charge in [0, 0.05) is 31.9 Å². The van der Waals surface area contributed by atoms with Crippen molar-refractivity contribution in [3.05, 3.63) is 76.8 Å². The van der Waals surface area contributed by atoms with Crippen molar-refractivity contribution in [2.45, 2.75) is 39.5 Å². The molecule has 1 saturated heterocycles. The zero-order valence-electron chi connectivity index (χ0n) is 17.6. The molecule has 2 atom stereocenters. The fraction of sp³-hybridized carbons (Fsp3) is 0.333. The Bertz CT molecular complexity index is 987. The van der Waals surface area contributed by atoms with E-state index in [1.165, 1.54) is 16.9 Å². The van der Waals surface area contributed by atoms with Crippen LogP contribution in [0.2, 0.25) is 0 Å². The molecule has 0 spiro atoms. The molecule has 6 heteroatoms. The maximum absolute atomic E-state index is 12.3. The zero-order valence-corrected chi connectivity index (χ0v) is 18.4. The summed E-state index contributed by atoms with van der Waals surface area (Å²) < 4.78 is 6.17. The van der Waals surface area contributed by atoms with Crippen LogP contribution in [-0.2, 0) is 16.1 Å². The number of morpholine rings is 1. The molecule has 0 N–H and O–H groups in total. The number of nitrogens with zero attached hydrogens (tertiary/aromatic N) is 3. The van der Waals surface area contributed by atoms with Crippen LogP contribution in [0, 0.1) is 6.92 Å². The van der Waals surface area contributed by atoms with Gasteiger partial charge in [-0.3, -0.25) is 14.6 Å². The number of rotatable bonds is 5. The van der Waals surface area contributed by atoms with Gasteiger partial charge in [-0.05, 0) is 31.5 Å². The van der Waals surface area contributed by atoms with E-state index in [0.717, 1.165) is 36.6 Å². The van der Waals surface area contributed by atoms with E-state index in [-0.39, 0.29) is 18.1 Å². The first-order valence-corrected chi connectivity index (χ1v) is 11.1. The summed E-state index contributed by atoms with van der Waals surface area (Å²) in [6.07, 6.45) is 0.220. The average Bonchev–Trinajstić information content (AvgIpc) is 3.17. The van der Waals surface area contributed by atoms with E-state index in [9.17, 15) is 4.79 Å². The monoisotopic (exact) mass is 421 g/mol. The summed E-state index contributed by atoms with van der Waals surface area (Å²) >= 11 is 1.51. The normalized spacial score (nSPS) is 19.6. The number of aryl methyl sites for hydroxylation is 1. The lowest BCUT2D eigenvalue weighted by Crippen LogP contribution is -2.42. The smallest absolute Gasteiger partial charge is 0.230 e. The molecule has 0 unspecified atom stereocenters. The fourth-order valence-corrected chi connectivity index (χ4v) is 4.72. The molecule has 156 valence electrons. The van der Waals surface area contributed by atoms with Crippen LogP contribution in [-0.4, -0.2) is 35.0 Å². The fourth-order valence-electron chi connectivity index (χ4n) is 3.84. The van der Waals surface area contributed by atoms with Crippen molar-refractivity contribution in [2.24, 2.45) is 0 Å². The summed E-state index contributed by atoms with van der Waals surface area (Å²) in [6.45, 7) is 8.17. The Morgan fingerprint density at radius 1 is 1.17 bits per heavy atom. The van der Waals surface area contributed by atoms with E-state index in [1.54, 1.807) is 11.8 Å². The first-order valence-electron chi connectivity index (χ1n) is 10.2. The van der Waals surface area contributed by atoms with Gasteiger partial charge in [0.1, 0.15) is 0 Å². The predicted octanol–water partition coefficient (Wildman–Crippen LogP) is 5.10. The van der Waals surface area contributed by atoms with E-state index in [2.05, 4.69) is 41.5 Å². The third-order valence-electron chi connectivity index (χ3n) is 5.23. The van der Waals surface area contributed by atoms with Gasteiger partial charge in [-0.15, -0.1) is 11.3 Å². The van der Waals surface area contributed by atoms with E-state index in [0.29, 0.717) is 5.13 Å². The largest absolute Gasteiger partial charge is 0.368 e. The van der Waals surface area contributed by atoms with Crippen molar-refractivity contribution in [3.63, 3.8) is 0 Å². The lowest BCUT2D eigenvalue weighted by molar-refractivity contribution is -0.115. The second-order valence-electron chi connectivity index (χ2n) is 7.85. The Morgan fingerprint density at radius 2 is 1.90 bits per heavy atom. The molecular weight excluding hydrogens is 394 g/mol. The Kier molecular flexibility index (Phi) is 6.27. The van der Waals surface area contributed by atoms with Crippen molar-refractivity contribution in [2.75, 3.05) is 18.0 Å². The van der Waals surface area contributed by atoms with Gasteiger partial charge in [0.25, 0.3) is 0 Å². The molecule has 1 aliphatic heterocycles. The average molecular weight is 422 g/mol. The number of thiazole rings is 1. The first-order chi connectivity index (χ1) is 14.5. The summed E-state index contributed by atoms with van der Waals surface area (Å²) in [5, 5.41) is 2.76.